The zero-order chi connectivity index (χ0) is 9.97. The molecule has 0 aromatic carbocycles. The summed E-state index contributed by atoms with van der Waals surface area (Å²) in [4.78, 5) is 11.7. The lowest BCUT2D eigenvalue weighted by Crippen LogP contribution is -2.32. The monoisotopic (exact) mass is 213 g/mol. The molecule has 1 aliphatic rings. The first-order valence-electron chi connectivity index (χ1n) is 4.46. The summed E-state index contributed by atoms with van der Waals surface area (Å²) in [5.74, 6) is 0.0277. The van der Waals surface area contributed by atoms with E-state index in [1.54, 1.807) is 0 Å². The van der Waals surface area contributed by atoms with Crippen molar-refractivity contribution in [2.24, 2.45) is 5.92 Å². The highest BCUT2D eigenvalue weighted by Gasteiger charge is 2.29. The fraction of sp³-hybridized carbons (Fsp3) is 0.714. The molecule has 1 fully saturated rings. The van der Waals surface area contributed by atoms with Crippen molar-refractivity contribution in [2.75, 3.05) is 11.9 Å². The van der Waals surface area contributed by atoms with Crippen molar-refractivity contribution in [3.05, 3.63) is 0 Å². The SMILES string of the molecule is CC1NCCC1C(=O)Nc1nnns1. The van der Waals surface area contributed by atoms with Gasteiger partial charge in [-0.1, -0.05) is 9.59 Å². The van der Waals surface area contributed by atoms with Crippen LogP contribution in [0.1, 0.15) is 13.3 Å². The van der Waals surface area contributed by atoms with E-state index in [-0.39, 0.29) is 17.9 Å². The van der Waals surface area contributed by atoms with E-state index < -0.39 is 0 Å². The second-order valence-corrected chi connectivity index (χ2v) is 4.03. The summed E-state index contributed by atoms with van der Waals surface area (Å²) in [6.07, 6.45) is 0.874. The molecule has 2 unspecified atom stereocenters. The van der Waals surface area contributed by atoms with Crippen LogP contribution in [0.4, 0.5) is 5.13 Å². The Kier molecular flexibility index (Phi) is 2.69. The van der Waals surface area contributed by atoms with Crippen LogP contribution >= 0.6 is 11.5 Å². The van der Waals surface area contributed by atoms with Gasteiger partial charge in [-0.3, -0.25) is 10.1 Å². The Morgan fingerprint density at radius 1 is 1.71 bits per heavy atom. The Labute approximate surface area is 85.3 Å². The van der Waals surface area contributed by atoms with Crippen LogP contribution in [0.25, 0.3) is 0 Å². The Morgan fingerprint density at radius 3 is 3.14 bits per heavy atom. The molecule has 1 saturated heterocycles. The number of nitrogens with one attached hydrogen (secondary N) is 2. The van der Waals surface area contributed by atoms with Crippen molar-refractivity contribution in [3.63, 3.8) is 0 Å². The van der Waals surface area contributed by atoms with E-state index >= 15 is 0 Å². The predicted molar refractivity (Wildman–Crippen MR) is 51.9 cm³/mol. The molecule has 0 spiro atoms. The third-order valence-electron chi connectivity index (χ3n) is 2.39. The zero-order valence-corrected chi connectivity index (χ0v) is 8.54. The van der Waals surface area contributed by atoms with Crippen LogP contribution in [0.15, 0.2) is 0 Å². The van der Waals surface area contributed by atoms with E-state index in [2.05, 4.69) is 25.4 Å². The molecule has 1 aromatic heterocycles. The number of aromatic nitrogens is 3. The van der Waals surface area contributed by atoms with E-state index in [0.717, 1.165) is 24.5 Å². The molecule has 2 atom stereocenters. The highest BCUT2D eigenvalue weighted by Crippen LogP contribution is 2.17. The summed E-state index contributed by atoms with van der Waals surface area (Å²) < 4.78 is 3.57. The number of carbonyl (C=O) groups is 1. The smallest absolute Gasteiger partial charge is 0.231 e. The zero-order valence-electron chi connectivity index (χ0n) is 7.73. The van der Waals surface area contributed by atoms with Crippen molar-refractivity contribution in [1.82, 2.24) is 20.1 Å². The normalized spacial score (nSPS) is 26.4. The lowest BCUT2D eigenvalue weighted by molar-refractivity contribution is -0.120. The van der Waals surface area contributed by atoms with Gasteiger partial charge in [-0.15, -0.1) is 0 Å². The average molecular weight is 213 g/mol. The van der Waals surface area contributed by atoms with Gasteiger partial charge in [0.15, 0.2) is 0 Å². The fourth-order valence-electron chi connectivity index (χ4n) is 1.60. The molecule has 1 aliphatic heterocycles. The first-order valence-corrected chi connectivity index (χ1v) is 5.24. The van der Waals surface area contributed by atoms with Crippen LogP contribution in [-0.4, -0.2) is 33.3 Å². The van der Waals surface area contributed by atoms with Crippen LogP contribution in [0.3, 0.4) is 0 Å². The molecule has 0 bridgehead atoms. The molecule has 2 rings (SSSR count). The fourth-order valence-corrected chi connectivity index (χ4v) is 1.97. The lowest BCUT2D eigenvalue weighted by atomic mass is 10.0. The van der Waals surface area contributed by atoms with Gasteiger partial charge >= 0.3 is 0 Å². The molecule has 2 N–H and O–H groups in total. The minimum absolute atomic E-state index is 0.000972. The topological polar surface area (TPSA) is 79.8 Å². The third-order valence-corrected chi connectivity index (χ3v) is 2.90. The van der Waals surface area contributed by atoms with Gasteiger partial charge < -0.3 is 5.32 Å². The van der Waals surface area contributed by atoms with Gasteiger partial charge in [-0.2, -0.15) is 0 Å². The van der Waals surface area contributed by atoms with Gasteiger partial charge in [0.25, 0.3) is 0 Å². The third kappa shape index (κ3) is 1.88. The molecule has 0 saturated carbocycles. The Hall–Kier alpha value is -1.08. The van der Waals surface area contributed by atoms with Crippen molar-refractivity contribution in [2.45, 2.75) is 19.4 Å². The Bertz CT molecular complexity index is 314. The molecular formula is C7H11N5OS. The number of hydrogen-bond acceptors (Lipinski definition) is 6. The van der Waals surface area contributed by atoms with Gasteiger partial charge in [-0.25, -0.2) is 0 Å². The number of hydrogen-bond donors (Lipinski definition) is 2. The number of carbonyl (C=O) groups excluding carboxylic acids is 1. The summed E-state index contributed by atoms with van der Waals surface area (Å²) >= 11 is 1.09. The van der Waals surface area contributed by atoms with Gasteiger partial charge in [0.1, 0.15) is 0 Å². The summed E-state index contributed by atoms with van der Waals surface area (Å²) in [5.41, 5.74) is 0. The van der Waals surface area contributed by atoms with Crippen molar-refractivity contribution < 1.29 is 4.79 Å². The number of anilines is 1. The quantitative estimate of drug-likeness (QED) is 0.715. The number of nitrogens with zero attached hydrogens (tertiary/aromatic N) is 3. The molecule has 6 nitrogen and oxygen atoms in total. The van der Waals surface area contributed by atoms with E-state index in [9.17, 15) is 4.79 Å². The largest absolute Gasteiger partial charge is 0.313 e. The van der Waals surface area contributed by atoms with E-state index in [1.807, 2.05) is 6.92 Å². The van der Waals surface area contributed by atoms with E-state index in [0.29, 0.717) is 5.13 Å². The van der Waals surface area contributed by atoms with Crippen LogP contribution in [0.5, 0.6) is 0 Å². The van der Waals surface area contributed by atoms with Crippen molar-refractivity contribution in [1.29, 1.82) is 0 Å². The summed E-state index contributed by atoms with van der Waals surface area (Å²) in [6, 6.07) is 0.232. The molecule has 14 heavy (non-hydrogen) atoms. The molecule has 1 aromatic rings. The standard InChI is InChI=1S/C7H11N5OS/c1-4-5(2-3-8-4)6(13)9-7-10-11-12-14-7/h4-5,8H,2-3H2,1H3,(H,9,10,12,13). The second-order valence-electron chi connectivity index (χ2n) is 3.29. The summed E-state index contributed by atoms with van der Waals surface area (Å²) in [5, 5.41) is 13.5. The van der Waals surface area contributed by atoms with E-state index in [1.165, 1.54) is 0 Å². The summed E-state index contributed by atoms with van der Waals surface area (Å²) in [7, 11) is 0. The van der Waals surface area contributed by atoms with Crippen LogP contribution in [0.2, 0.25) is 0 Å². The first kappa shape index (κ1) is 9.47. The van der Waals surface area contributed by atoms with Crippen LogP contribution in [-0.2, 0) is 4.79 Å². The summed E-state index contributed by atoms with van der Waals surface area (Å²) in [6.45, 7) is 2.91. The molecule has 1 amide bonds. The van der Waals surface area contributed by atoms with E-state index in [4.69, 9.17) is 0 Å². The Balaban J connectivity index is 1.95. The van der Waals surface area contributed by atoms with Gasteiger partial charge in [-0.05, 0) is 25.1 Å². The predicted octanol–water partition coefficient (Wildman–Crippen LogP) is -0.130. The number of rotatable bonds is 2. The van der Waals surface area contributed by atoms with Gasteiger partial charge in [0.2, 0.25) is 11.0 Å². The molecule has 76 valence electrons. The molecule has 2 heterocycles. The van der Waals surface area contributed by atoms with Gasteiger partial charge in [0.05, 0.1) is 5.92 Å². The molecule has 7 heteroatoms. The van der Waals surface area contributed by atoms with Crippen molar-refractivity contribution >= 4 is 22.6 Å². The molecule has 0 aliphatic carbocycles. The maximum atomic E-state index is 11.7. The van der Waals surface area contributed by atoms with Gasteiger partial charge in [0, 0.05) is 17.6 Å². The van der Waals surface area contributed by atoms with Crippen LogP contribution in [0, 0.1) is 5.92 Å². The maximum Gasteiger partial charge on any atom is 0.231 e. The maximum absolute atomic E-state index is 11.7. The highest BCUT2D eigenvalue weighted by molar-refractivity contribution is 7.09. The average Bonchev–Trinajstić information content (AvgIpc) is 2.75. The first-order chi connectivity index (χ1) is 6.77. The lowest BCUT2D eigenvalue weighted by Gasteiger charge is -2.12. The Morgan fingerprint density at radius 2 is 2.57 bits per heavy atom. The van der Waals surface area contributed by atoms with Crippen molar-refractivity contribution in [3.8, 4) is 0 Å². The minimum atomic E-state index is 0.000972. The van der Waals surface area contributed by atoms with Crippen LogP contribution < -0.4 is 10.6 Å². The number of amides is 1. The minimum Gasteiger partial charge on any atom is -0.313 e. The molecule has 0 radical (unpaired) electrons. The molecular weight excluding hydrogens is 202 g/mol. The second kappa shape index (κ2) is 3.97. The highest BCUT2D eigenvalue weighted by atomic mass is 32.1.